The average molecular weight is 788 g/mol. The molecular formula is C59H49NO. The zero-order chi connectivity index (χ0) is 40.5. The largest absolute Gasteiger partial charge is 0.456 e. The Kier molecular flexibility index (Phi) is 7.58. The van der Waals surface area contributed by atoms with Gasteiger partial charge in [0, 0.05) is 33.1 Å². The van der Waals surface area contributed by atoms with Crippen LogP contribution in [0.15, 0.2) is 174 Å². The van der Waals surface area contributed by atoms with Gasteiger partial charge in [-0.2, -0.15) is 0 Å². The lowest BCUT2D eigenvalue weighted by Gasteiger charge is -2.57. The fourth-order valence-corrected chi connectivity index (χ4v) is 13.4. The summed E-state index contributed by atoms with van der Waals surface area (Å²) in [7, 11) is 0. The van der Waals surface area contributed by atoms with E-state index in [1.807, 2.05) is 0 Å². The zero-order valence-corrected chi connectivity index (χ0v) is 35.0. The molecule has 14 rings (SSSR count). The average Bonchev–Trinajstić information content (AvgIpc) is 3.77. The fraction of sp³-hybridized carbons (Fsp3) is 0.220. The Morgan fingerprint density at radius 2 is 1.10 bits per heavy atom. The Bertz CT molecular complexity index is 3180. The molecule has 61 heavy (non-hydrogen) atoms. The van der Waals surface area contributed by atoms with E-state index in [1.54, 1.807) is 5.56 Å². The summed E-state index contributed by atoms with van der Waals surface area (Å²) in [5.41, 5.74) is 17.9. The van der Waals surface area contributed by atoms with Gasteiger partial charge in [0.25, 0.3) is 0 Å². The smallest absolute Gasteiger partial charge is 0.135 e. The molecule has 9 aromatic rings. The van der Waals surface area contributed by atoms with E-state index in [1.165, 1.54) is 99.5 Å². The molecule has 0 saturated heterocycles. The third kappa shape index (κ3) is 5.27. The van der Waals surface area contributed by atoms with Crippen LogP contribution in [0.5, 0.6) is 0 Å². The first kappa shape index (κ1) is 35.4. The van der Waals surface area contributed by atoms with Gasteiger partial charge in [0.2, 0.25) is 0 Å². The number of para-hydroxylation sites is 2. The zero-order valence-electron chi connectivity index (χ0n) is 35.0. The summed E-state index contributed by atoms with van der Waals surface area (Å²) < 4.78 is 6.41. The van der Waals surface area contributed by atoms with Crippen LogP contribution in [0.4, 0.5) is 17.1 Å². The lowest BCUT2D eigenvalue weighted by molar-refractivity contribution is -0.00494. The number of hydrogen-bond acceptors (Lipinski definition) is 2. The van der Waals surface area contributed by atoms with Gasteiger partial charge in [-0.25, -0.2) is 0 Å². The highest BCUT2D eigenvalue weighted by Gasteiger charge is 2.53. The van der Waals surface area contributed by atoms with Crippen molar-refractivity contribution in [3.8, 4) is 33.4 Å². The van der Waals surface area contributed by atoms with Crippen LogP contribution in [0.2, 0.25) is 0 Å². The molecule has 0 amide bonds. The summed E-state index contributed by atoms with van der Waals surface area (Å²) in [5.74, 6) is 2.67. The number of nitrogens with zero attached hydrogens (tertiary/aromatic N) is 1. The molecule has 1 aromatic heterocycles. The van der Waals surface area contributed by atoms with Gasteiger partial charge in [0.15, 0.2) is 0 Å². The monoisotopic (exact) mass is 787 g/mol. The Labute approximate surface area is 358 Å². The van der Waals surface area contributed by atoms with Gasteiger partial charge in [-0.15, -0.1) is 0 Å². The molecule has 0 radical (unpaired) electrons. The first-order valence-corrected chi connectivity index (χ1v) is 22.6. The van der Waals surface area contributed by atoms with Crippen molar-refractivity contribution in [3.63, 3.8) is 0 Å². The summed E-state index contributed by atoms with van der Waals surface area (Å²) in [5, 5.41) is 4.77. The van der Waals surface area contributed by atoms with Crippen molar-refractivity contribution in [2.24, 2.45) is 17.8 Å². The van der Waals surface area contributed by atoms with Gasteiger partial charge in [0.1, 0.15) is 11.2 Å². The van der Waals surface area contributed by atoms with Crippen LogP contribution in [0, 0.1) is 17.8 Å². The number of benzene rings is 8. The quantitative estimate of drug-likeness (QED) is 0.167. The molecule has 5 aliphatic rings. The minimum absolute atomic E-state index is 0.0876. The lowest BCUT2D eigenvalue weighted by Crippen LogP contribution is -2.48. The van der Waals surface area contributed by atoms with Crippen molar-refractivity contribution in [2.45, 2.75) is 63.2 Å². The van der Waals surface area contributed by atoms with E-state index >= 15 is 0 Å². The molecule has 0 spiro atoms. The van der Waals surface area contributed by atoms with Gasteiger partial charge in [0.05, 0.1) is 5.69 Å². The standard InChI is InChI=1S/C59H49NO/c1-58(2)50-27-25-42(33-49(50)57-51(58)21-12-22-52(57)59-34-37-29-38(35-59)31-39(30-37)36-59)60(43-26-28-55-48(32-43)46-18-7-9-24-54(46)61-55)53-23-8-6-17-45(53)47-20-11-16-41-15-10-19-44(56(41)47)40-13-4-3-5-14-40/h3-28,32-33,37-39H,29-31,34-36H2,1-2H3. The maximum absolute atomic E-state index is 6.41. The van der Waals surface area contributed by atoms with Crippen LogP contribution >= 0.6 is 0 Å². The van der Waals surface area contributed by atoms with Crippen LogP contribution in [0.3, 0.4) is 0 Å². The van der Waals surface area contributed by atoms with E-state index in [-0.39, 0.29) is 10.8 Å². The third-order valence-electron chi connectivity index (χ3n) is 15.6. The molecule has 4 saturated carbocycles. The van der Waals surface area contributed by atoms with Crippen molar-refractivity contribution in [3.05, 3.63) is 187 Å². The maximum atomic E-state index is 6.41. The number of fused-ring (bicyclic) bond motifs is 7. The molecule has 4 fully saturated rings. The Morgan fingerprint density at radius 1 is 0.475 bits per heavy atom. The highest BCUT2D eigenvalue weighted by Crippen LogP contribution is 2.64. The third-order valence-corrected chi connectivity index (χ3v) is 15.6. The SMILES string of the molecule is CC1(C)c2ccc(N(c3ccc4oc5ccccc5c4c3)c3ccccc3-c3cccc4cccc(-c5ccccc5)c34)cc2-c2c(C34CC5CC(CC(C5)C3)C4)cccc21. The van der Waals surface area contributed by atoms with E-state index in [2.05, 4.69) is 189 Å². The van der Waals surface area contributed by atoms with Crippen LogP contribution in [-0.4, -0.2) is 0 Å². The summed E-state index contributed by atoms with van der Waals surface area (Å²) in [6.07, 6.45) is 8.44. The first-order chi connectivity index (χ1) is 29.9. The molecule has 8 aromatic carbocycles. The number of anilines is 3. The van der Waals surface area contributed by atoms with E-state index in [0.29, 0.717) is 0 Å². The topological polar surface area (TPSA) is 16.4 Å². The highest BCUT2D eigenvalue weighted by molar-refractivity contribution is 6.10. The predicted molar refractivity (Wildman–Crippen MR) is 254 cm³/mol. The van der Waals surface area contributed by atoms with E-state index in [0.717, 1.165) is 51.1 Å². The van der Waals surface area contributed by atoms with Gasteiger partial charge in [-0.1, -0.05) is 141 Å². The second kappa shape index (κ2) is 13.1. The lowest BCUT2D eigenvalue weighted by atomic mass is 9.47. The number of rotatable bonds is 6. The molecule has 2 nitrogen and oxygen atoms in total. The van der Waals surface area contributed by atoms with Crippen molar-refractivity contribution >= 4 is 49.8 Å². The molecular weight excluding hydrogens is 739 g/mol. The van der Waals surface area contributed by atoms with Crippen LogP contribution in [0.25, 0.3) is 66.1 Å². The highest BCUT2D eigenvalue weighted by atomic mass is 16.3. The van der Waals surface area contributed by atoms with Crippen molar-refractivity contribution in [2.75, 3.05) is 4.90 Å². The van der Waals surface area contributed by atoms with Crippen LogP contribution in [0.1, 0.15) is 69.1 Å². The summed E-state index contributed by atoms with van der Waals surface area (Å²) >= 11 is 0. The maximum Gasteiger partial charge on any atom is 0.135 e. The second-order valence-corrected chi connectivity index (χ2v) is 19.5. The van der Waals surface area contributed by atoms with Crippen LogP contribution < -0.4 is 4.90 Å². The Hall–Kier alpha value is -6.38. The molecule has 4 bridgehead atoms. The van der Waals surface area contributed by atoms with Gasteiger partial charge in [-0.05, 0) is 159 Å². The van der Waals surface area contributed by atoms with Crippen molar-refractivity contribution in [1.82, 2.24) is 0 Å². The molecule has 5 aliphatic carbocycles. The predicted octanol–water partition coefficient (Wildman–Crippen LogP) is 16.3. The molecule has 0 atom stereocenters. The van der Waals surface area contributed by atoms with Crippen molar-refractivity contribution in [1.29, 1.82) is 0 Å². The van der Waals surface area contributed by atoms with E-state index in [4.69, 9.17) is 4.42 Å². The molecule has 0 aliphatic heterocycles. The Morgan fingerprint density at radius 3 is 1.90 bits per heavy atom. The molecule has 1 heterocycles. The summed E-state index contributed by atoms with van der Waals surface area (Å²) in [6.45, 7) is 4.91. The minimum atomic E-state index is -0.0876. The minimum Gasteiger partial charge on any atom is -0.456 e. The summed E-state index contributed by atoms with van der Waals surface area (Å²) in [6, 6.07) is 63.4. The fourth-order valence-electron chi connectivity index (χ4n) is 13.4. The van der Waals surface area contributed by atoms with Gasteiger partial charge in [-0.3, -0.25) is 0 Å². The molecule has 296 valence electrons. The Balaban J connectivity index is 1.05. The van der Waals surface area contributed by atoms with E-state index < -0.39 is 0 Å². The van der Waals surface area contributed by atoms with Gasteiger partial charge < -0.3 is 9.32 Å². The molecule has 2 heteroatoms. The molecule has 0 unspecified atom stereocenters. The normalized spacial score (nSPS) is 21.9. The van der Waals surface area contributed by atoms with Crippen LogP contribution in [-0.2, 0) is 10.8 Å². The van der Waals surface area contributed by atoms with Crippen molar-refractivity contribution < 1.29 is 4.42 Å². The second-order valence-electron chi connectivity index (χ2n) is 19.5. The molecule has 0 N–H and O–H groups in total. The first-order valence-electron chi connectivity index (χ1n) is 22.6. The number of furan rings is 1. The summed E-state index contributed by atoms with van der Waals surface area (Å²) in [4.78, 5) is 2.53. The number of hydrogen-bond donors (Lipinski definition) is 0. The van der Waals surface area contributed by atoms with Gasteiger partial charge >= 0.3 is 0 Å². The van der Waals surface area contributed by atoms with E-state index in [9.17, 15) is 0 Å².